The van der Waals surface area contributed by atoms with Gasteiger partial charge in [-0.05, 0) is 56.9 Å². The van der Waals surface area contributed by atoms with Crippen molar-refractivity contribution in [1.82, 2.24) is 10.6 Å². The second-order valence-electron chi connectivity index (χ2n) is 7.07. The summed E-state index contributed by atoms with van der Waals surface area (Å²) in [5.41, 5.74) is 1.42. The molecule has 0 spiro atoms. The van der Waals surface area contributed by atoms with Crippen molar-refractivity contribution < 1.29 is 19.1 Å². The molecule has 0 aromatic heterocycles. The van der Waals surface area contributed by atoms with Crippen LogP contribution in [-0.2, 0) is 14.3 Å². The Kier molecular flexibility index (Phi) is 7.53. The van der Waals surface area contributed by atoms with E-state index < -0.39 is 29.4 Å². The van der Waals surface area contributed by atoms with Crippen LogP contribution in [0, 0.1) is 31.1 Å². The van der Waals surface area contributed by atoms with E-state index in [-0.39, 0.29) is 12.5 Å². The molecule has 0 aliphatic heterocycles. The number of amides is 2. The van der Waals surface area contributed by atoms with Crippen LogP contribution >= 0.6 is 0 Å². The summed E-state index contributed by atoms with van der Waals surface area (Å²) in [5, 5.41) is 14.3. The second kappa shape index (κ2) is 9.17. The van der Waals surface area contributed by atoms with Gasteiger partial charge in [0.1, 0.15) is 12.1 Å². The molecule has 146 valence electrons. The molecule has 27 heavy (non-hydrogen) atoms. The first-order valence-corrected chi connectivity index (χ1v) is 8.78. The second-order valence-corrected chi connectivity index (χ2v) is 7.07. The van der Waals surface area contributed by atoms with E-state index in [1.165, 1.54) is 6.92 Å². The van der Waals surface area contributed by atoms with E-state index in [4.69, 9.17) is 4.74 Å². The summed E-state index contributed by atoms with van der Waals surface area (Å²) in [7, 11) is 0. The zero-order chi connectivity index (χ0) is 20.8. The smallest absolute Gasteiger partial charge is 0.326 e. The lowest BCUT2D eigenvalue weighted by atomic mass is 9.90. The normalized spacial score (nSPS) is 13.9. The molecule has 0 bridgehead atoms. The van der Waals surface area contributed by atoms with Crippen molar-refractivity contribution in [3.05, 3.63) is 34.9 Å². The van der Waals surface area contributed by atoms with Crippen molar-refractivity contribution in [3.8, 4) is 6.07 Å². The largest absolute Gasteiger partial charge is 0.451 e. The van der Waals surface area contributed by atoms with Gasteiger partial charge in [-0.3, -0.25) is 14.4 Å². The van der Waals surface area contributed by atoms with Crippen molar-refractivity contribution >= 4 is 17.8 Å². The Hall–Kier alpha value is -2.88. The van der Waals surface area contributed by atoms with Crippen LogP contribution in [0.4, 0.5) is 0 Å². The Morgan fingerprint density at radius 3 is 2.33 bits per heavy atom. The van der Waals surface area contributed by atoms with E-state index in [2.05, 4.69) is 16.7 Å². The lowest BCUT2D eigenvalue weighted by Gasteiger charge is -2.28. The lowest BCUT2D eigenvalue weighted by Crippen LogP contribution is -2.52. The number of hydrogen-bond donors (Lipinski definition) is 2. The molecule has 0 fully saturated rings. The van der Waals surface area contributed by atoms with Crippen LogP contribution in [0.15, 0.2) is 18.2 Å². The molecule has 2 atom stereocenters. The molecule has 1 aromatic carbocycles. The van der Waals surface area contributed by atoms with Crippen molar-refractivity contribution in [2.24, 2.45) is 5.92 Å². The molecule has 0 aliphatic carbocycles. The summed E-state index contributed by atoms with van der Waals surface area (Å²) in [6.07, 6.45) is -1.08. The quantitative estimate of drug-likeness (QED) is 0.711. The molecule has 2 N–H and O–H groups in total. The number of nitriles is 1. The molecule has 0 aliphatic rings. The van der Waals surface area contributed by atoms with Crippen LogP contribution in [0.3, 0.4) is 0 Å². The minimum Gasteiger partial charge on any atom is -0.451 e. The van der Waals surface area contributed by atoms with Gasteiger partial charge in [-0.25, -0.2) is 0 Å². The van der Waals surface area contributed by atoms with Gasteiger partial charge in [0.15, 0.2) is 6.10 Å². The highest BCUT2D eigenvalue weighted by molar-refractivity contribution is 5.96. The summed E-state index contributed by atoms with van der Waals surface area (Å²) in [6, 6.07) is 7.29. The predicted molar refractivity (Wildman–Crippen MR) is 101 cm³/mol. The average Bonchev–Trinajstić information content (AvgIpc) is 2.61. The van der Waals surface area contributed by atoms with E-state index in [9.17, 15) is 19.6 Å². The molecule has 7 heteroatoms. The van der Waals surface area contributed by atoms with Crippen LogP contribution in [0.2, 0.25) is 0 Å². The Balaban J connectivity index is 2.56. The van der Waals surface area contributed by atoms with Gasteiger partial charge in [0.25, 0.3) is 11.8 Å². The van der Waals surface area contributed by atoms with Crippen LogP contribution in [-0.4, -0.2) is 36.0 Å². The van der Waals surface area contributed by atoms with Gasteiger partial charge in [-0.2, -0.15) is 5.26 Å². The fraction of sp³-hybridized carbons (Fsp3) is 0.500. The van der Waals surface area contributed by atoms with Gasteiger partial charge in [-0.15, -0.1) is 0 Å². The minimum atomic E-state index is -1.08. The van der Waals surface area contributed by atoms with Gasteiger partial charge >= 0.3 is 5.97 Å². The van der Waals surface area contributed by atoms with E-state index >= 15 is 0 Å². The topological polar surface area (TPSA) is 108 Å². The molecular weight excluding hydrogens is 346 g/mol. The van der Waals surface area contributed by atoms with E-state index in [1.807, 2.05) is 33.8 Å². The molecule has 7 nitrogen and oxygen atoms in total. The zero-order valence-corrected chi connectivity index (χ0v) is 16.7. The average molecular weight is 373 g/mol. The molecule has 0 unspecified atom stereocenters. The highest BCUT2D eigenvalue weighted by atomic mass is 16.5. The lowest BCUT2D eigenvalue weighted by molar-refractivity contribution is -0.154. The standard InChI is InChI=1S/C20H27N3O4/c1-12(2)20(6,11-21)23-18(25)15(5)27-17(24)10-22-19(26)16-8-7-13(3)14(4)9-16/h7-9,12,15H,10H2,1-6H3,(H,22,26)(H,23,25)/t15-,20-/m0/s1. The highest BCUT2D eigenvalue weighted by Crippen LogP contribution is 2.15. The number of hydrogen-bond acceptors (Lipinski definition) is 5. The molecule has 0 heterocycles. The van der Waals surface area contributed by atoms with Crippen molar-refractivity contribution in [2.45, 2.75) is 53.2 Å². The van der Waals surface area contributed by atoms with E-state index in [0.29, 0.717) is 5.56 Å². The van der Waals surface area contributed by atoms with Crippen molar-refractivity contribution in [1.29, 1.82) is 5.26 Å². The molecule has 1 aromatic rings. The summed E-state index contributed by atoms with van der Waals surface area (Å²) >= 11 is 0. The monoisotopic (exact) mass is 373 g/mol. The Bertz CT molecular complexity index is 767. The first-order chi connectivity index (χ1) is 12.5. The predicted octanol–water partition coefficient (Wildman–Crippen LogP) is 2.02. The number of nitrogens with zero attached hydrogens (tertiary/aromatic N) is 1. The third-order valence-corrected chi connectivity index (χ3v) is 4.61. The van der Waals surface area contributed by atoms with E-state index in [1.54, 1.807) is 19.1 Å². The molecular formula is C20H27N3O4. The first-order valence-electron chi connectivity index (χ1n) is 8.78. The molecule has 0 saturated heterocycles. The first kappa shape index (κ1) is 22.2. The summed E-state index contributed by atoms with van der Waals surface area (Å²) in [5.74, 6) is -1.82. The third-order valence-electron chi connectivity index (χ3n) is 4.61. The number of carbonyl (C=O) groups excluding carboxylic acids is 3. The zero-order valence-electron chi connectivity index (χ0n) is 16.7. The van der Waals surface area contributed by atoms with Crippen molar-refractivity contribution in [2.75, 3.05) is 6.54 Å². The molecule has 0 saturated carbocycles. The Labute approximate surface area is 160 Å². The van der Waals surface area contributed by atoms with Crippen LogP contribution < -0.4 is 10.6 Å². The maximum Gasteiger partial charge on any atom is 0.326 e. The minimum absolute atomic E-state index is 0.119. The van der Waals surface area contributed by atoms with Gasteiger partial charge in [0.05, 0.1) is 6.07 Å². The van der Waals surface area contributed by atoms with Gasteiger partial charge in [0, 0.05) is 5.56 Å². The number of nitrogens with one attached hydrogen (secondary N) is 2. The summed E-state index contributed by atoms with van der Waals surface area (Å²) in [4.78, 5) is 36.2. The van der Waals surface area contributed by atoms with Gasteiger partial charge < -0.3 is 15.4 Å². The number of esters is 1. The number of ether oxygens (including phenoxy) is 1. The molecule has 1 rings (SSSR count). The van der Waals surface area contributed by atoms with Crippen LogP contribution in [0.5, 0.6) is 0 Å². The summed E-state index contributed by atoms with van der Waals surface area (Å²) in [6.45, 7) is 10.1. The highest BCUT2D eigenvalue weighted by Gasteiger charge is 2.32. The number of rotatable bonds is 7. The van der Waals surface area contributed by atoms with Gasteiger partial charge in [-0.1, -0.05) is 19.9 Å². The van der Waals surface area contributed by atoms with Crippen molar-refractivity contribution in [3.63, 3.8) is 0 Å². The summed E-state index contributed by atoms with van der Waals surface area (Å²) < 4.78 is 5.04. The van der Waals surface area contributed by atoms with Crippen LogP contribution in [0.25, 0.3) is 0 Å². The Morgan fingerprint density at radius 1 is 1.19 bits per heavy atom. The van der Waals surface area contributed by atoms with Gasteiger partial charge in [0.2, 0.25) is 0 Å². The Morgan fingerprint density at radius 2 is 1.81 bits per heavy atom. The maximum atomic E-state index is 12.2. The number of benzene rings is 1. The third kappa shape index (κ3) is 6.10. The fourth-order valence-electron chi connectivity index (χ4n) is 2.09. The van der Waals surface area contributed by atoms with Crippen LogP contribution in [0.1, 0.15) is 49.2 Å². The number of aryl methyl sites for hydroxylation is 2. The SMILES string of the molecule is Cc1ccc(C(=O)NCC(=O)O[C@@H](C)C(=O)N[C@@](C)(C#N)C(C)C)cc1C. The fourth-order valence-corrected chi connectivity index (χ4v) is 2.09. The van der Waals surface area contributed by atoms with E-state index in [0.717, 1.165) is 11.1 Å². The molecule has 2 amide bonds. The number of carbonyl (C=O) groups is 3. The maximum absolute atomic E-state index is 12.2. The molecule has 0 radical (unpaired) electrons.